The molecule has 2 saturated heterocycles. The second kappa shape index (κ2) is 9.86. The lowest BCUT2D eigenvalue weighted by molar-refractivity contribution is -0.133. The van der Waals surface area contributed by atoms with Crippen molar-refractivity contribution < 1.29 is 4.79 Å². The van der Waals surface area contributed by atoms with Crippen molar-refractivity contribution in [2.45, 2.75) is 6.42 Å². The molecule has 5 nitrogen and oxygen atoms in total. The first kappa shape index (κ1) is 19.1. The Balaban J connectivity index is 1.32. The Morgan fingerprint density at radius 1 is 0.923 bits per heavy atom. The fourth-order valence-electron chi connectivity index (χ4n) is 3.57. The second-order valence-electron chi connectivity index (χ2n) is 7.39. The van der Waals surface area contributed by atoms with Crippen LogP contribution in [0.1, 0.15) is 12.0 Å². The number of carbonyl (C=O) groups is 1. The summed E-state index contributed by atoms with van der Waals surface area (Å²) in [4.78, 5) is 21.7. The van der Waals surface area contributed by atoms with Gasteiger partial charge in [0.05, 0.1) is 0 Å². The van der Waals surface area contributed by atoms with Crippen LogP contribution in [0.15, 0.2) is 36.4 Å². The molecule has 0 saturated carbocycles. The Morgan fingerprint density at radius 2 is 1.58 bits per heavy atom. The van der Waals surface area contributed by atoms with Crippen LogP contribution in [0.4, 0.5) is 0 Å². The highest BCUT2D eigenvalue weighted by atomic mass is 16.2. The predicted octanol–water partition coefficient (Wildman–Crippen LogP) is 1.48. The van der Waals surface area contributed by atoms with Gasteiger partial charge < -0.3 is 14.7 Å². The first-order chi connectivity index (χ1) is 12.7. The minimum absolute atomic E-state index is 0.323. The van der Waals surface area contributed by atoms with Gasteiger partial charge in [-0.2, -0.15) is 0 Å². The molecule has 2 heterocycles. The van der Waals surface area contributed by atoms with Gasteiger partial charge in [-0.1, -0.05) is 42.5 Å². The third-order valence-electron chi connectivity index (χ3n) is 5.44. The molecule has 0 atom stereocenters. The monoisotopic (exact) mass is 356 g/mol. The summed E-state index contributed by atoms with van der Waals surface area (Å²) in [6.07, 6.45) is 5.06. The van der Waals surface area contributed by atoms with Gasteiger partial charge in [0.15, 0.2) is 0 Å². The molecule has 2 aliphatic heterocycles. The standard InChI is InChI=1S/C21H32N4O/c1-22-12-14-24(15-13-22)11-9-21(26)25-18-16-23(17-19-25)10-5-8-20-6-3-2-4-7-20/h2-8H,9-19H2,1H3/b8-5+. The van der Waals surface area contributed by atoms with Crippen molar-refractivity contribution in [1.82, 2.24) is 19.6 Å². The molecule has 0 spiro atoms. The van der Waals surface area contributed by atoms with E-state index in [1.54, 1.807) is 0 Å². The quantitative estimate of drug-likeness (QED) is 0.772. The van der Waals surface area contributed by atoms with Gasteiger partial charge in [-0.3, -0.25) is 9.69 Å². The van der Waals surface area contributed by atoms with Crippen LogP contribution >= 0.6 is 0 Å². The highest BCUT2D eigenvalue weighted by molar-refractivity contribution is 5.76. The molecule has 26 heavy (non-hydrogen) atoms. The smallest absolute Gasteiger partial charge is 0.223 e. The number of benzene rings is 1. The number of likely N-dealkylation sites (N-methyl/N-ethyl adjacent to an activating group) is 1. The van der Waals surface area contributed by atoms with Gasteiger partial charge in [0, 0.05) is 71.9 Å². The lowest BCUT2D eigenvalue weighted by atomic mass is 10.2. The van der Waals surface area contributed by atoms with Crippen molar-refractivity contribution in [1.29, 1.82) is 0 Å². The minimum atomic E-state index is 0.323. The van der Waals surface area contributed by atoms with Crippen molar-refractivity contribution in [2.24, 2.45) is 0 Å². The zero-order valence-electron chi connectivity index (χ0n) is 16.0. The van der Waals surface area contributed by atoms with E-state index in [1.807, 2.05) is 11.0 Å². The molecule has 0 unspecified atom stereocenters. The molecule has 0 radical (unpaired) electrons. The third-order valence-corrected chi connectivity index (χ3v) is 5.44. The van der Waals surface area contributed by atoms with Gasteiger partial charge in [0.2, 0.25) is 5.91 Å². The maximum atomic E-state index is 12.5. The molecule has 1 aromatic carbocycles. The van der Waals surface area contributed by atoms with E-state index in [0.29, 0.717) is 12.3 Å². The SMILES string of the molecule is CN1CCN(CCC(=O)N2CCN(C/C=C/c3ccccc3)CC2)CC1. The van der Waals surface area contributed by atoms with Crippen LogP contribution in [-0.4, -0.2) is 98.0 Å². The predicted molar refractivity (Wildman–Crippen MR) is 107 cm³/mol. The molecule has 0 aliphatic carbocycles. The maximum Gasteiger partial charge on any atom is 0.223 e. The zero-order valence-corrected chi connectivity index (χ0v) is 16.0. The summed E-state index contributed by atoms with van der Waals surface area (Å²) in [6.45, 7) is 9.94. The number of hydrogen-bond donors (Lipinski definition) is 0. The Kier molecular flexibility index (Phi) is 7.23. The minimum Gasteiger partial charge on any atom is -0.340 e. The molecule has 0 N–H and O–H groups in total. The van der Waals surface area contributed by atoms with Crippen molar-refractivity contribution in [3.8, 4) is 0 Å². The van der Waals surface area contributed by atoms with E-state index in [1.165, 1.54) is 5.56 Å². The van der Waals surface area contributed by atoms with E-state index in [4.69, 9.17) is 0 Å². The second-order valence-corrected chi connectivity index (χ2v) is 7.39. The number of nitrogens with zero attached hydrogens (tertiary/aromatic N) is 4. The topological polar surface area (TPSA) is 30.0 Å². The van der Waals surface area contributed by atoms with Crippen LogP contribution in [0.2, 0.25) is 0 Å². The Hall–Kier alpha value is -1.69. The summed E-state index contributed by atoms with van der Waals surface area (Å²) in [5.74, 6) is 0.323. The van der Waals surface area contributed by atoms with Gasteiger partial charge >= 0.3 is 0 Å². The van der Waals surface area contributed by atoms with Crippen molar-refractivity contribution in [3.05, 3.63) is 42.0 Å². The zero-order chi connectivity index (χ0) is 18.2. The molecule has 1 amide bonds. The molecule has 1 aromatic rings. The van der Waals surface area contributed by atoms with Crippen LogP contribution in [-0.2, 0) is 4.79 Å². The van der Waals surface area contributed by atoms with E-state index in [9.17, 15) is 4.79 Å². The summed E-state index contributed by atoms with van der Waals surface area (Å²) < 4.78 is 0. The number of amides is 1. The molecule has 0 bridgehead atoms. The van der Waals surface area contributed by atoms with Crippen LogP contribution in [0.3, 0.4) is 0 Å². The molecule has 3 rings (SSSR count). The van der Waals surface area contributed by atoms with Crippen molar-refractivity contribution in [3.63, 3.8) is 0 Å². The molecule has 2 aliphatic rings. The highest BCUT2D eigenvalue weighted by Crippen LogP contribution is 2.07. The van der Waals surface area contributed by atoms with Gasteiger partial charge in [0.25, 0.3) is 0 Å². The number of hydrogen-bond acceptors (Lipinski definition) is 4. The Labute approximate surface area is 157 Å². The number of piperazine rings is 2. The maximum absolute atomic E-state index is 12.5. The van der Waals surface area contributed by atoms with E-state index >= 15 is 0 Å². The van der Waals surface area contributed by atoms with E-state index in [-0.39, 0.29) is 0 Å². The van der Waals surface area contributed by atoms with Crippen LogP contribution < -0.4 is 0 Å². The first-order valence-corrected chi connectivity index (χ1v) is 9.83. The van der Waals surface area contributed by atoms with Gasteiger partial charge in [-0.15, -0.1) is 0 Å². The normalized spacial score (nSPS) is 20.7. The third kappa shape index (κ3) is 5.94. The van der Waals surface area contributed by atoms with Crippen LogP contribution in [0.25, 0.3) is 6.08 Å². The first-order valence-electron chi connectivity index (χ1n) is 9.83. The van der Waals surface area contributed by atoms with E-state index in [2.05, 4.69) is 58.2 Å². The summed E-state index contributed by atoms with van der Waals surface area (Å²) in [5, 5.41) is 0. The Bertz CT molecular complexity index is 573. The summed E-state index contributed by atoms with van der Waals surface area (Å²) in [6, 6.07) is 10.4. The Morgan fingerprint density at radius 3 is 2.27 bits per heavy atom. The molecule has 142 valence electrons. The summed E-state index contributed by atoms with van der Waals surface area (Å²) >= 11 is 0. The highest BCUT2D eigenvalue weighted by Gasteiger charge is 2.21. The largest absolute Gasteiger partial charge is 0.340 e. The lowest BCUT2D eigenvalue weighted by Gasteiger charge is -2.35. The molecule has 5 heteroatoms. The van der Waals surface area contributed by atoms with E-state index < -0.39 is 0 Å². The molecule has 2 fully saturated rings. The number of carbonyl (C=O) groups excluding carboxylic acids is 1. The number of rotatable bonds is 6. The van der Waals surface area contributed by atoms with Crippen LogP contribution in [0.5, 0.6) is 0 Å². The summed E-state index contributed by atoms with van der Waals surface area (Å²) in [7, 11) is 2.16. The molecular formula is C21H32N4O. The van der Waals surface area contributed by atoms with Crippen molar-refractivity contribution >= 4 is 12.0 Å². The van der Waals surface area contributed by atoms with Crippen molar-refractivity contribution in [2.75, 3.05) is 72.5 Å². The van der Waals surface area contributed by atoms with Gasteiger partial charge in [0.1, 0.15) is 0 Å². The average Bonchev–Trinajstić information content (AvgIpc) is 2.69. The molecular weight excluding hydrogens is 324 g/mol. The van der Waals surface area contributed by atoms with E-state index in [0.717, 1.165) is 65.4 Å². The molecule has 0 aromatic heterocycles. The fourth-order valence-corrected chi connectivity index (χ4v) is 3.57. The fraction of sp³-hybridized carbons (Fsp3) is 0.571. The average molecular weight is 357 g/mol. The summed E-state index contributed by atoms with van der Waals surface area (Å²) in [5.41, 5.74) is 1.24. The lowest BCUT2D eigenvalue weighted by Crippen LogP contribution is -2.50. The van der Waals surface area contributed by atoms with Gasteiger partial charge in [-0.25, -0.2) is 0 Å². The van der Waals surface area contributed by atoms with Crippen LogP contribution in [0, 0.1) is 0 Å². The van der Waals surface area contributed by atoms with Gasteiger partial charge in [-0.05, 0) is 12.6 Å².